The van der Waals surface area contributed by atoms with Gasteiger partial charge >= 0.3 is 0 Å². The molecule has 0 heterocycles. The van der Waals surface area contributed by atoms with Gasteiger partial charge in [-0.15, -0.1) is 0 Å². The number of nitrogens with zero attached hydrogens (tertiary/aromatic N) is 1. The van der Waals surface area contributed by atoms with Gasteiger partial charge in [0, 0.05) is 13.1 Å². The van der Waals surface area contributed by atoms with E-state index in [4.69, 9.17) is 5.73 Å². The van der Waals surface area contributed by atoms with Crippen molar-refractivity contribution >= 4 is 11.4 Å². The fourth-order valence-electron chi connectivity index (χ4n) is 1.48. The number of nitrogens with two attached hydrogens (primary N) is 1. The Labute approximate surface area is 77.2 Å². The molecule has 2 rings (SSSR count). The Morgan fingerprint density at radius 1 is 1.46 bits per heavy atom. The smallest absolute Gasteiger partial charge is 0.125 e. The van der Waals surface area contributed by atoms with Crippen LogP contribution >= 0.6 is 0 Å². The molecule has 1 aliphatic rings. The van der Waals surface area contributed by atoms with Crippen LogP contribution in [0.1, 0.15) is 12.8 Å². The molecule has 1 saturated carbocycles. The number of halogens is 1. The zero-order chi connectivity index (χ0) is 9.42. The summed E-state index contributed by atoms with van der Waals surface area (Å²) < 4.78 is 12.9. The first-order valence-electron chi connectivity index (χ1n) is 4.46. The molecular weight excluding hydrogens is 167 g/mol. The zero-order valence-corrected chi connectivity index (χ0v) is 7.63. The van der Waals surface area contributed by atoms with E-state index in [2.05, 4.69) is 4.90 Å². The predicted molar refractivity (Wildman–Crippen MR) is 52.2 cm³/mol. The van der Waals surface area contributed by atoms with Gasteiger partial charge in [0.25, 0.3) is 0 Å². The Bertz CT molecular complexity index is 321. The Hall–Kier alpha value is -1.25. The second kappa shape index (κ2) is 2.91. The molecule has 0 aliphatic heterocycles. The van der Waals surface area contributed by atoms with Crippen LogP contribution in [0, 0.1) is 5.82 Å². The molecule has 0 amide bonds. The summed E-state index contributed by atoms with van der Waals surface area (Å²) in [6.07, 6.45) is 2.37. The molecule has 0 radical (unpaired) electrons. The van der Waals surface area contributed by atoms with E-state index in [1.807, 2.05) is 7.05 Å². The molecule has 70 valence electrons. The van der Waals surface area contributed by atoms with E-state index in [1.165, 1.54) is 25.0 Å². The van der Waals surface area contributed by atoms with E-state index >= 15 is 0 Å². The Morgan fingerprint density at radius 3 is 2.77 bits per heavy atom. The van der Waals surface area contributed by atoms with Crippen LogP contribution in [0.15, 0.2) is 18.2 Å². The summed E-state index contributed by atoms with van der Waals surface area (Å²) >= 11 is 0. The maximum absolute atomic E-state index is 12.9. The largest absolute Gasteiger partial charge is 0.397 e. The minimum atomic E-state index is -0.225. The van der Waals surface area contributed by atoms with Crippen molar-refractivity contribution in [2.45, 2.75) is 18.9 Å². The van der Waals surface area contributed by atoms with Crippen molar-refractivity contribution < 1.29 is 4.39 Å². The quantitative estimate of drug-likeness (QED) is 0.705. The Kier molecular flexibility index (Phi) is 1.87. The molecule has 1 aromatic carbocycles. The van der Waals surface area contributed by atoms with E-state index in [0.29, 0.717) is 11.7 Å². The van der Waals surface area contributed by atoms with E-state index in [-0.39, 0.29) is 5.82 Å². The molecule has 0 bridgehead atoms. The third-order valence-corrected chi connectivity index (χ3v) is 2.47. The summed E-state index contributed by atoms with van der Waals surface area (Å²) in [6.45, 7) is 0. The lowest BCUT2D eigenvalue weighted by molar-refractivity contribution is 0.627. The summed E-state index contributed by atoms with van der Waals surface area (Å²) in [5.74, 6) is -0.225. The molecule has 2 nitrogen and oxygen atoms in total. The van der Waals surface area contributed by atoms with Crippen molar-refractivity contribution in [1.29, 1.82) is 0 Å². The zero-order valence-electron chi connectivity index (χ0n) is 7.63. The molecule has 1 aliphatic carbocycles. The minimum absolute atomic E-state index is 0.225. The third-order valence-electron chi connectivity index (χ3n) is 2.47. The van der Waals surface area contributed by atoms with Crippen LogP contribution in [-0.4, -0.2) is 13.1 Å². The Balaban J connectivity index is 2.31. The van der Waals surface area contributed by atoms with Gasteiger partial charge in [0.05, 0.1) is 11.4 Å². The predicted octanol–water partition coefficient (Wildman–Crippen LogP) is 2.01. The molecular formula is C10H13FN2. The van der Waals surface area contributed by atoms with Crippen molar-refractivity contribution in [3.63, 3.8) is 0 Å². The highest BCUT2D eigenvalue weighted by Crippen LogP contribution is 2.33. The summed E-state index contributed by atoms with van der Waals surface area (Å²) in [5, 5.41) is 0. The second-order valence-corrected chi connectivity index (χ2v) is 3.55. The minimum Gasteiger partial charge on any atom is -0.397 e. The lowest BCUT2D eigenvalue weighted by Crippen LogP contribution is -2.20. The lowest BCUT2D eigenvalue weighted by atomic mass is 10.2. The van der Waals surface area contributed by atoms with E-state index in [1.54, 1.807) is 6.07 Å². The highest BCUT2D eigenvalue weighted by Gasteiger charge is 2.27. The van der Waals surface area contributed by atoms with E-state index in [0.717, 1.165) is 5.69 Å². The number of benzene rings is 1. The summed E-state index contributed by atoms with van der Waals surface area (Å²) in [4.78, 5) is 2.05. The molecule has 0 aromatic heterocycles. The monoisotopic (exact) mass is 180 g/mol. The molecule has 0 spiro atoms. The van der Waals surface area contributed by atoms with Gasteiger partial charge in [-0.3, -0.25) is 0 Å². The van der Waals surface area contributed by atoms with Crippen molar-refractivity contribution in [3.8, 4) is 0 Å². The molecule has 1 aromatic rings. The van der Waals surface area contributed by atoms with Crippen molar-refractivity contribution in [2.75, 3.05) is 17.7 Å². The first kappa shape index (κ1) is 8.35. The van der Waals surface area contributed by atoms with E-state index in [9.17, 15) is 4.39 Å². The highest BCUT2D eigenvalue weighted by atomic mass is 19.1. The second-order valence-electron chi connectivity index (χ2n) is 3.55. The molecule has 13 heavy (non-hydrogen) atoms. The lowest BCUT2D eigenvalue weighted by Gasteiger charge is -2.20. The van der Waals surface area contributed by atoms with Crippen LogP contribution in [-0.2, 0) is 0 Å². The number of hydrogen-bond acceptors (Lipinski definition) is 2. The summed E-state index contributed by atoms with van der Waals surface area (Å²) in [7, 11) is 1.96. The number of rotatable bonds is 2. The van der Waals surface area contributed by atoms with Crippen LogP contribution in [0.4, 0.5) is 15.8 Å². The van der Waals surface area contributed by atoms with Crippen LogP contribution in [0.3, 0.4) is 0 Å². The summed E-state index contributed by atoms with van der Waals surface area (Å²) in [6, 6.07) is 5.06. The molecule has 2 N–H and O–H groups in total. The number of anilines is 2. The van der Waals surface area contributed by atoms with Gasteiger partial charge < -0.3 is 10.6 Å². The topological polar surface area (TPSA) is 29.3 Å². The highest BCUT2D eigenvalue weighted by molar-refractivity contribution is 5.68. The first-order chi connectivity index (χ1) is 6.18. The number of hydrogen-bond donors (Lipinski definition) is 1. The van der Waals surface area contributed by atoms with Crippen molar-refractivity contribution in [3.05, 3.63) is 24.0 Å². The van der Waals surface area contributed by atoms with Crippen LogP contribution < -0.4 is 10.6 Å². The average Bonchev–Trinajstić information content (AvgIpc) is 2.91. The maximum atomic E-state index is 12.9. The van der Waals surface area contributed by atoms with E-state index < -0.39 is 0 Å². The first-order valence-corrected chi connectivity index (χ1v) is 4.46. The van der Waals surface area contributed by atoms with Crippen molar-refractivity contribution in [2.24, 2.45) is 0 Å². The van der Waals surface area contributed by atoms with Gasteiger partial charge in [-0.25, -0.2) is 4.39 Å². The van der Waals surface area contributed by atoms with Crippen LogP contribution in [0.25, 0.3) is 0 Å². The van der Waals surface area contributed by atoms with Crippen LogP contribution in [0.5, 0.6) is 0 Å². The number of nitrogen functional groups attached to an aromatic ring is 1. The van der Waals surface area contributed by atoms with Gasteiger partial charge in [0.2, 0.25) is 0 Å². The normalized spacial score (nSPS) is 15.8. The standard InChI is InChI=1S/C10H13FN2/c1-13(8-3-4-8)10-6-7(11)2-5-9(10)12/h2,5-6,8H,3-4,12H2,1H3. The third kappa shape index (κ3) is 1.59. The van der Waals surface area contributed by atoms with Crippen LogP contribution in [0.2, 0.25) is 0 Å². The molecule has 0 saturated heterocycles. The van der Waals surface area contributed by atoms with Gasteiger partial charge in [-0.2, -0.15) is 0 Å². The maximum Gasteiger partial charge on any atom is 0.125 e. The molecule has 1 fully saturated rings. The average molecular weight is 180 g/mol. The molecule has 0 unspecified atom stereocenters. The summed E-state index contributed by atoms with van der Waals surface area (Å²) in [5.41, 5.74) is 7.20. The van der Waals surface area contributed by atoms with Gasteiger partial charge in [0.15, 0.2) is 0 Å². The molecule has 3 heteroatoms. The van der Waals surface area contributed by atoms with Gasteiger partial charge in [0.1, 0.15) is 5.82 Å². The Morgan fingerprint density at radius 2 is 2.15 bits per heavy atom. The van der Waals surface area contributed by atoms with Gasteiger partial charge in [-0.05, 0) is 31.0 Å². The SMILES string of the molecule is CN(c1cc(F)ccc1N)C1CC1. The fraction of sp³-hybridized carbons (Fsp3) is 0.400. The fourth-order valence-corrected chi connectivity index (χ4v) is 1.48. The van der Waals surface area contributed by atoms with Crippen molar-refractivity contribution in [1.82, 2.24) is 0 Å². The molecule has 0 atom stereocenters. The van der Waals surface area contributed by atoms with Gasteiger partial charge in [-0.1, -0.05) is 0 Å².